The Hall–Kier alpha value is -3.93. The molecular weight excluding hydrogens is 388 g/mol. The molecule has 1 aliphatic rings. The Balaban J connectivity index is 1.96. The molecule has 0 aliphatic carbocycles. The number of nitro benzene ring substituents is 1. The highest BCUT2D eigenvalue weighted by atomic mass is 16.6. The normalized spacial score (nSPS) is 17.8. The predicted molar refractivity (Wildman–Crippen MR) is 107 cm³/mol. The predicted octanol–water partition coefficient (Wildman–Crippen LogP) is 3.39. The van der Waals surface area contributed by atoms with Gasteiger partial charge in [0.2, 0.25) is 5.54 Å². The van der Waals surface area contributed by atoms with Gasteiger partial charge in [-0.25, -0.2) is 4.79 Å². The van der Waals surface area contributed by atoms with Crippen LogP contribution in [0.25, 0.3) is 0 Å². The van der Waals surface area contributed by atoms with Crippen molar-refractivity contribution in [3.8, 4) is 6.07 Å². The molecule has 0 radical (unpaired) electrons. The molecule has 9 nitrogen and oxygen atoms in total. The van der Waals surface area contributed by atoms with Gasteiger partial charge in [-0.1, -0.05) is 30.3 Å². The van der Waals surface area contributed by atoms with Gasteiger partial charge in [0.05, 0.1) is 17.2 Å². The third kappa shape index (κ3) is 3.80. The summed E-state index contributed by atoms with van der Waals surface area (Å²) in [5, 5.41) is 23.2. The third-order valence-corrected chi connectivity index (χ3v) is 4.51. The van der Waals surface area contributed by atoms with Gasteiger partial charge in [0, 0.05) is 17.7 Å². The molecular formula is C21H20N4O5. The Morgan fingerprint density at radius 3 is 2.43 bits per heavy atom. The molecule has 0 unspecified atom stereocenters. The minimum absolute atomic E-state index is 0.0649. The van der Waals surface area contributed by atoms with Crippen LogP contribution in [0.15, 0.2) is 48.5 Å². The fourth-order valence-corrected chi connectivity index (χ4v) is 3.23. The van der Waals surface area contributed by atoms with E-state index >= 15 is 0 Å². The molecule has 30 heavy (non-hydrogen) atoms. The van der Waals surface area contributed by atoms with Gasteiger partial charge in [0.25, 0.3) is 11.6 Å². The van der Waals surface area contributed by atoms with Gasteiger partial charge in [-0.3, -0.25) is 20.2 Å². The maximum Gasteiger partial charge on any atom is 0.409 e. The number of nitrogens with one attached hydrogen (secondary N) is 1. The number of non-ortho nitro benzene ring substituents is 1. The number of nitrogens with zero attached hydrogens (tertiary/aromatic N) is 3. The molecule has 154 valence electrons. The average molecular weight is 408 g/mol. The van der Waals surface area contributed by atoms with E-state index < -0.39 is 28.1 Å². The van der Waals surface area contributed by atoms with E-state index in [1.54, 1.807) is 57.2 Å². The van der Waals surface area contributed by atoms with Crippen LogP contribution in [-0.2, 0) is 21.6 Å². The van der Waals surface area contributed by atoms with Crippen LogP contribution < -0.4 is 10.2 Å². The molecule has 0 bridgehead atoms. The maximum atomic E-state index is 13.3. The first-order valence-electron chi connectivity index (χ1n) is 9.14. The smallest absolute Gasteiger partial charge is 0.409 e. The Kier molecular flexibility index (Phi) is 5.18. The summed E-state index contributed by atoms with van der Waals surface area (Å²) in [6.45, 7) is 5.11. The van der Waals surface area contributed by atoms with Gasteiger partial charge < -0.3 is 9.64 Å². The zero-order chi connectivity index (χ0) is 22.1. The molecule has 0 fully saturated rings. The number of rotatable bonds is 4. The van der Waals surface area contributed by atoms with E-state index in [0.29, 0.717) is 16.8 Å². The van der Waals surface area contributed by atoms with E-state index in [1.807, 2.05) is 6.07 Å². The SMILES string of the molecule is CC(C)(C)OC(=O)N[C@]1(C#N)C(=O)N(Cc2ccc([N+](=O)[O-])cc2)c2ccccc21. The van der Waals surface area contributed by atoms with Crippen molar-refractivity contribution in [3.05, 3.63) is 69.8 Å². The topological polar surface area (TPSA) is 126 Å². The van der Waals surface area contributed by atoms with Crippen molar-refractivity contribution >= 4 is 23.4 Å². The van der Waals surface area contributed by atoms with Crippen molar-refractivity contribution in [1.29, 1.82) is 5.26 Å². The summed E-state index contributed by atoms with van der Waals surface area (Å²) >= 11 is 0. The first-order valence-corrected chi connectivity index (χ1v) is 9.14. The molecule has 2 aromatic rings. The van der Waals surface area contributed by atoms with Crippen molar-refractivity contribution in [2.75, 3.05) is 4.90 Å². The van der Waals surface area contributed by atoms with E-state index in [4.69, 9.17) is 4.74 Å². The van der Waals surface area contributed by atoms with E-state index in [-0.39, 0.29) is 12.2 Å². The maximum absolute atomic E-state index is 13.3. The van der Waals surface area contributed by atoms with Crippen LogP contribution in [0.3, 0.4) is 0 Å². The zero-order valence-electron chi connectivity index (χ0n) is 16.7. The van der Waals surface area contributed by atoms with Crippen molar-refractivity contribution < 1.29 is 19.2 Å². The number of ether oxygens (including phenoxy) is 1. The summed E-state index contributed by atoms with van der Waals surface area (Å²) in [5.41, 5.74) is -1.36. The molecule has 3 rings (SSSR count). The minimum Gasteiger partial charge on any atom is -0.444 e. The largest absolute Gasteiger partial charge is 0.444 e. The number of amides is 2. The number of anilines is 1. The van der Waals surface area contributed by atoms with Crippen molar-refractivity contribution in [2.45, 2.75) is 38.5 Å². The summed E-state index contributed by atoms with van der Waals surface area (Å²) in [4.78, 5) is 37.4. The number of benzene rings is 2. The lowest BCUT2D eigenvalue weighted by molar-refractivity contribution is -0.384. The lowest BCUT2D eigenvalue weighted by Crippen LogP contribution is -2.53. The van der Waals surface area contributed by atoms with Gasteiger partial charge >= 0.3 is 6.09 Å². The van der Waals surface area contributed by atoms with E-state index in [9.17, 15) is 25.0 Å². The Morgan fingerprint density at radius 2 is 1.87 bits per heavy atom. The zero-order valence-corrected chi connectivity index (χ0v) is 16.7. The second-order valence-corrected chi connectivity index (χ2v) is 7.82. The number of carbonyl (C=O) groups excluding carboxylic acids is 2. The first-order chi connectivity index (χ1) is 14.1. The van der Waals surface area contributed by atoms with Crippen LogP contribution in [0, 0.1) is 21.4 Å². The molecule has 1 N–H and O–H groups in total. The van der Waals surface area contributed by atoms with Gasteiger partial charge in [0.15, 0.2) is 0 Å². The summed E-state index contributed by atoms with van der Waals surface area (Å²) in [6, 6.07) is 14.4. The Morgan fingerprint density at radius 1 is 1.23 bits per heavy atom. The summed E-state index contributed by atoms with van der Waals surface area (Å²) in [5.74, 6) is -0.629. The van der Waals surface area contributed by atoms with Gasteiger partial charge in [-0.15, -0.1) is 0 Å². The molecule has 0 saturated heterocycles. The Labute approximate surface area is 173 Å². The molecule has 9 heteroatoms. The minimum atomic E-state index is -1.93. The molecule has 0 saturated carbocycles. The van der Waals surface area contributed by atoms with Crippen LogP contribution in [0.5, 0.6) is 0 Å². The second-order valence-electron chi connectivity index (χ2n) is 7.82. The Bertz CT molecular complexity index is 1050. The molecule has 1 atom stereocenters. The van der Waals surface area contributed by atoms with Gasteiger partial charge in [-0.2, -0.15) is 5.26 Å². The van der Waals surface area contributed by atoms with Crippen molar-refractivity contribution in [1.82, 2.24) is 5.32 Å². The number of para-hydroxylation sites is 1. The molecule has 1 heterocycles. The van der Waals surface area contributed by atoms with E-state index in [1.165, 1.54) is 17.0 Å². The average Bonchev–Trinajstić information content (AvgIpc) is 2.90. The number of nitriles is 1. The van der Waals surface area contributed by atoms with Crippen LogP contribution in [0.4, 0.5) is 16.2 Å². The standard InChI is InChI=1S/C21H20N4O5/c1-20(2,3)30-19(27)23-21(13-22)16-6-4-5-7-17(16)24(18(21)26)12-14-8-10-15(11-9-14)25(28)29/h4-11H,12H2,1-3H3,(H,23,27)/t21-/m0/s1. The first kappa shape index (κ1) is 20.8. The van der Waals surface area contributed by atoms with Gasteiger partial charge in [0.1, 0.15) is 11.7 Å². The van der Waals surface area contributed by atoms with Crippen LogP contribution in [0.1, 0.15) is 31.9 Å². The number of fused-ring (bicyclic) bond motifs is 1. The third-order valence-electron chi connectivity index (χ3n) is 4.51. The summed E-state index contributed by atoms with van der Waals surface area (Å²) in [6.07, 6.45) is -0.885. The highest BCUT2D eigenvalue weighted by Crippen LogP contribution is 2.41. The quantitative estimate of drug-likeness (QED) is 0.610. The van der Waals surface area contributed by atoms with Gasteiger partial charge in [-0.05, 0) is 32.4 Å². The molecule has 0 spiro atoms. The lowest BCUT2D eigenvalue weighted by atomic mass is 9.93. The number of carbonyl (C=O) groups is 2. The summed E-state index contributed by atoms with van der Waals surface area (Å²) in [7, 11) is 0. The fraction of sp³-hybridized carbons (Fsp3) is 0.286. The molecule has 1 aliphatic heterocycles. The highest BCUT2D eigenvalue weighted by Gasteiger charge is 2.53. The number of alkyl carbamates (subject to hydrolysis) is 1. The summed E-state index contributed by atoms with van der Waals surface area (Å²) < 4.78 is 5.24. The second kappa shape index (κ2) is 7.48. The highest BCUT2D eigenvalue weighted by molar-refractivity contribution is 6.11. The van der Waals surface area contributed by atoms with Crippen molar-refractivity contribution in [3.63, 3.8) is 0 Å². The van der Waals surface area contributed by atoms with E-state index in [0.717, 1.165) is 0 Å². The van der Waals surface area contributed by atoms with Crippen molar-refractivity contribution in [2.24, 2.45) is 0 Å². The lowest BCUT2D eigenvalue weighted by Gasteiger charge is -2.26. The van der Waals surface area contributed by atoms with Crippen LogP contribution in [-0.4, -0.2) is 22.5 Å². The monoisotopic (exact) mass is 408 g/mol. The fourth-order valence-electron chi connectivity index (χ4n) is 3.23. The van der Waals surface area contributed by atoms with Crippen LogP contribution in [0.2, 0.25) is 0 Å². The number of nitro groups is 1. The molecule has 2 aromatic carbocycles. The number of hydrogen-bond acceptors (Lipinski definition) is 6. The number of hydrogen-bond donors (Lipinski definition) is 1. The molecule has 2 amide bonds. The van der Waals surface area contributed by atoms with Crippen LogP contribution >= 0.6 is 0 Å². The molecule has 0 aromatic heterocycles. The van der Waals surface area contributed by atoms with E-state index in [2.05, 4.69) is 5.32 Å².